The lowest BCUT2D eigenvalue weighted by Crippen LogP contribution is -2.50. The van der Waals surface area contributed by atoms with Gasteiger partial charge in [-0.15, -0.1) is 0 Å². The van der Waals surface area contributed by atoms with Crippen molar-refractivity contribution in [2.75, 3.05) is 18.6 Å². The topological polar surface area (TPSA) is 84.9 Å². The summed E-state index contributed by atoms with van der Waals surface area (Å²) >= 11 is 0. The van der Waals surface area contributed by atoms with Crippen molar-refractivity contribution in [3.05, 3.63) is 59.7 Å². The molecule has 7 heteroatoms. The van der Waals surface area contributed by atoms with Gasteiger partial charge in [0.25, 0.3) is 5.91 Å². The van der Waals surface area contributed by atoms with Gasteiger partial charge in [0.2, 0.25) is 5.91 Å². The number of benzene rings is 2. The molecule has 2 aromatic rings. The molecule has 0 aliphatic carbocycles. The van der Waals surface area contributed by atoms with Crippen LogP contribution in [0, 0.1) is 0 Å². The number of nitrogens with zero attached hydrogens (tertiary/aromatic N) is 1. The quantitative estimate of drug-likeness (QED) is 0.834. The summed E-state index contributed by atoms with van der Waals surface area (Å²) in [5, 5.41) is 2.80. The van der Waals surface area contributed by atoms with Crippen LogP contribution in [0.1, 0.15) is 22.8 Å². The van der Waals surface area contributed by atoms with Crippen LogP contribution in [0.3, 0.4) is 0 Å². The van der Waals surface area contributed by atoms with Crippen molar-refractivity contribution >= 4 is 23.5 Å². The van der Waals surface area contributed by atoms with E-state index in [1.54, 1.807) is 42.5 Å². The van der Waals surface area contributed by atoms with Gasteiger partial charge in [0.15, 0.2) is 6.10 Å². The van der Waals surface area contributed by atoms with Crippen LogP contribution in [-0.4, -0.2) is 37.5 Å². The molecule has 1 heterocycles. The maximum Gasteiger partial charge on any atom is 0.337 e. The highest BCUT2D eigenvalue weighted by Crippen LogP contribution is 2.33. The van der Waals surface area contributed by atoms with Crippen molar-refractivity contribution in [1.82, 2.24) is 5.32 Å². The minimum atomic E-state index is -0.793. The Bertz CT molecular complexity index is 863. The van der Waals surface area contributed by atoms with E-state index in [1.165, 1.54) is 18.9 Å². The molecule has 140 valence electrons. The number of nitrogens with one attached hydrogen (secondary N) is 1. The standard InChI is InChI=1S/C20H20N2O5/c1-13(23)22-12-18(27-17-6-4-3-5-16(17)22)19(24)21-11-14-7-9-15(10-8-14)20(25)26-2/h3-10,18H,11-12H2,1-2H3,(H,21,24). The SMILES string of the molecule is COC(=O)c1ccc(CNC(=O)C2CN(C(C)=O)c3ccccc3O2)cc1. The minimum Gasteiger partial charge on any atom is -0.477 e. The molecule has 27 heavy (non-hydrogen) atoms. The Kier molecular flexibility index (Phi) is 5.40. The Labute approximate surface area is 156 Å². The van der Waals surface area contributed by atoms with Crippen LogP contribution < -0.4 is 15.0 Å². The van der Waals surface area contributed by atoms with Crippen LogP contribution in [0.5, 0.6) is 5.75 Å². The van der Waals surface area contributed by atoms with Crippen molar-refractivity contribution < 1.29 is 23.9 Å². The smallest absolute Gasteiger partial charge is 0.337 e. The van der Waals surface area contributed by atoms with Crippen molar-refractivity contribution in [2.24, 2.45) is 0 Å². The number of fused-ring (bicyclic) bond motifs is 1. The summed E-state index contributed by atoms with van der Waals surface area (Å²) in [6, 6.07) is 13.9. The molecule has 0 saturated heterocycles. The molecule has 1 atom stereocenters. The van der Waals surface area contributed by atoms with E-state index in [9.17, 15) is 14.4 Å². The molecule has 2 amide bonds. The molecule has 1 unspecified atom stereocenters. The van der Waals surface area contributed by atoms with Gasteiger partial charge < -0.3 is 19.7 Å². The first-order valence-electron chi connectivity index (χ1n) is 8.48. The predicted octanol–water partition coefficient (Wildman–Crippen LogP) is 1.90. The third-order valence-corrected chi connectivity index (χ3v) is 4.29. The molecule has 1 N–H and O–H groups in total. The fraction of sp³-hybridized carbons (Fsp3) is 0.250. The molecule has 1 aliphatic rings. The molecule has 0 radical (unpaired) electrons. The number of carbonyl (C=O) groups excluding carboxylic acids is 3. The van der Waals surface area contributed by atoms with Gasteiger partial charge in [-0.05, 0) is 29.8 Å². The second-order valence-corrected chi connectivity index (χ2v) is 6.11. The van der Waals surface area contributed by atoms with Gasteiger partial charge in [-0.25, -0.2) is 4.79 Å². The molecule has 1 aliphatic heterocycles. The highest BCUT2D eigenvalue weighted by atomic mass is 16.5. The van der Waals surface area contributed by atoms with Crippen LogP contribution in [0.2, 0.25) is 0 Å². The Hall–Kier alpha value is -3.35. The van der Waals surface area contributed by atoms with Gasteiger partial charge in [0, 0.05) is 13.5 Å². The van der Waals surface area contributed by atoms with Crippen molar-refractivity contribution in [3.8, 4) is 5.75 Å². The summed E-state index contributed by atoms with van der Waals surface area (Å²) in [7, 11) is 1.32. The molecule has 7 nitrogen and oxygen atoms in total. The molecule has 0 saturated carbocycles. The van der Waals surface area contributed by atoms with E-state index in [-0.39, 0.29) is 24.9 Å². The van der Waals surface area contributed by atoms with Gasteiger partial charge in [0.05, 0.1) is 24.9 Å². The average molecular weight is 368 g/mol. The highest BCUT2D eigenvalue weighted by molar-refractivity contribution is 5.96. The van der Waals surface area contributed by atoms with E-state index in [2.05, 4.69) is 10.1 Å². The first kappa shape index (κ1) is 18.4. The number of amides is 2. The maximum absolute atomic E-state index is 12.5. The molecule has 3 rings (SSSR count). The number of ether oxygens (including phenoxy) is 2. The van der Waals surface area contributed by atoms with E-state index in [4.69, 9.17) is 4.74 Å². The minimum absolute atomic E-state index is 0.151. The molecule has 2 aromatic carbocycles. The predicted molar refractivity (Wildman–Crippen MR) is 98.5 cm³/mol. The van der Waals surface area contributed by atoms with Crippen LogP contribution in [-0.2, 0) is 20.9 Å². The Morgan fingerprint density at radius 3 is 2.52 bits per heavy atom. The van der Waals surface area contributed by atoms with Crippen LogP contribution in [0.4, 0.5) is 5.69 Å². The Morgan fingerprint density at radius 2 is 1.85 bits per heavy atom. The summed E-state index contributed by atoms with van der Waals surface area (Å²) in [5.74, 6) is -0.375. The number of hydrogen-bond donors (Lipinski definition) is 1. The largest absolute Gasteiger partial charge is 0.477 e. The summed E-state index contributed by atoms with van der Waals surface area (Å²) in [4.78, 5) is 37.4. The number of esters is 1. The van der Waals surface area contributed by atoms with E-state index in [1.807, 2.05) is 6.07 Å². The number of hydrogen-bond acceptors (Lipinski definition) is 5. The second kappa shape index (κ2) is 7.90. The summed E-state index contributed by atoms with van der Waals surface area (Å²) < 4.78 is 10.4. The molecule has 0 fully saturated rings. The number of methoxy groups -OCH3 is 1. The third kappa shape index (κ3) is 4.08. The maximum atomic E-state index is 12.5. The number of para-hydroxylation sites is 2. The van der Waals surface area contributed by atoms with Gasteiger partial charge in [-0.2, -0.15) is 0 Å². The van der Waals surface area contributed by atoms with Gasteiger partial charge in [-0.3, -0.25) is 9.59 Å². The van der Waals surface area contributed by atoms with Crippen LogP contribution in [0.25, 0.3) is 0 Å². The van der Waals surface area contributed by atoms with Gasteiger partial charge in [-0.1, -0.05) is 24.3 Å². The normalized spacial score (nSPS) is 15.3. The molecular formula is C20H20N2O5. The Morgan fingerprint density at radius 1 is 1.15 bits per heavy atom. The number of carbonyl (C=O) groups is 3. The zero-order chi connectivity index (χ0) is 19.4. The van der Waals surface area contributed by atoms with E-state index >= 15 is 0 Å². The average Bonchev–Trinajstić information content (AvgIpc) is 2.70. The molecule has 0 spiro atoms. The lowest BCUT2D eigenvalue weighted by atomic mass is 10.1. The molecular weight excluding hydrogens is 348 g/mol. The summed E-state index contributed by atoms with van der Waals surface area (Å²) in [6.07, 6.45) is -0.793. The van der Waals surface area contributed by atoms with Crippen LogP contribution >= 0.6 is 0 Å². The lowest BCUT2D eigenvalue weighted by Gasteiger charge is -2.33. The van der Waals surface area contributed by atoms with Crippen molar-refractivity contribution in [2.45, 2.75) is 19.6 Å². The number of anilines is 1. The first-order chi connectivity index (χ1) is 13.0. The monoisotopic (exact) mass is 368 g/mol. The van der Waals surface area contributed by atoms with E-state index in [0.29, 0.717) is 17.0 Å². The zero-order valence-electron chi connectivity index (χ0n) is 15.1. The Balaban J connectivity index is 1.65. The van der Waals surface area contributed by atoms with Crippen molar-refractivity contribution in [3.63, 3.8) is 0 Å². The van der Waals surface area contributed by atoms with Crippen LogP contribution in [0.15, 0.2) is 48.5 Å². The second-order valence-electron chi connectivity index (χ2n) is 6.11. The fourth-order valence-electron chi connectivity index (χ4n) is 2.85. The first-order valence-corrected chi connectivity index (χ1v) is 8.48. The van der Waals surface area contributed by atoms with E-state index < -0.39 is 12.1 Å². The van der Waals surface area contributed by atoms with Gasteiger partial charge in [0.1, 0.15) is 5.75 Å². The van der Waals surface area contributed by atoms with E-state index in [0.717, 1.165) is 5.56 Å². The summed E-state index contributed by atoms with van der Waals surface area (Å²) in [5.41, 5.74) is 1.93. The third-order valence-electron chi connectivity index (χ3n) is 4.29. The van der Waals surface area contributed by atoms with Gasteiger partial charge >= 0.3 is 5.97 Å². The molecule has 0 bridgehead atoms. The zero-order valence-corrected chi connectivity index (χ0v) is 15.1. The number of rotatable bonds is 4. The summed E-state index contributed by atoms with van der Waals surface area (Å²) in [6.45, 7) is 1.89. The highest BCUT2D eigenvalue weighted by Gasteiger charge is 2.32. The lowest BCUT2D eigenvalue weighted by molar-refractivity contribution is -0.128. The van der Waals surface area contributed by atoms with Crippen molar-refractivity contribution in [1.29, 1.82) is 0 Å². The molecule has 0 aromatic heterocycles. The fourth-order valence-corrected chi connectivity index (χ4v) is 2.85.